The number of rotatable bonds is 11. The predicted octanol–water partition coefficient (Wildman–Crippen LogP) is 4.71. The molecule has 0 aromatic heterocycles. The van der Waals surface area contributed by atoms with Gasteiger partial charge in [-0.2, -0.15) is 0 Å². The topological polar surface area (TPSA) is 30.5 Å². The minimum Gasteiger partial charge on any atom is -0.493 e. The van der Waals surface area contributed by atoms with Crippen molar-refractivity contribution in [3.05, 3.63) is 23.8 Å². The van der Waals surface area contributed by atoms with Gasteiger partial charge < -0.3 is 14.8 Å². The van der Waals surface area contributed by atoms with Crippen LogP contribution in [0.25, 0.3) is 0 Å². The summed E-state index contributed by atoms with van der Waals surface area (Å²) in [6, 6.07) is 6.58. The Hall–Kier alpha value is -1.22. The molecule has 0 heterocycles. The number of nitrogens with one attached hydrogen (secondary N) is 1. The summed E-state index contributed by atoms with van der Waals surface area (Å²) in [7, 11) is 5.38. The average Bonchev–Trinajstić information content (AvgIpc) is 2.53. The highest BCUT2D eigenvalue weighted by Crippen LogP contribution is 2.31. The van der Waals surface area contributed by atoms with E-state index < -0.39 is 0 Å². The van der Waals surface area contributed by atoms with Gasteiger partial charge >= 0.3 is 0 Å². The summed E-state index contributed by atoms with van der Waals surface area (Å²) >= 11 is 0. The Morgan fingerprint density at radius 2 is 1.62 bits per heavy atom. The molecule has 0 radical (unpaired) electrons. The third-order valence-electron chi connectivity index (χ3n) is 4.00. The molecule has 1 unspecified atom stereocenters. The van der Waals surface area contributed by atoms with Gasteiger partial charge in [-0.05, 0) is 31.2 Å². The fraction of sp³-hybridized carbons (Fsp3) is 0.667. The van der Waals surface area contributed by atoms with Gasteiger partial charge in [0.1, 0.15) is 0 Å². The second-order valence-corrected chi connectivity index (χ2v) is 5.51. The van der Waals surface area contributed by atoms with E-state index in [0.717, 1.165) is 17.9 Å². The van der Waals surface area contributed by atoms with Gasteiger partial charge in [-0.25, -0.2) is 0 Å². The molecule has 1 aromatic carbocycles. The first kappa shape index (κ1) is 17.8. The van der Waals surface area contributed by atoms with Gasteiger partial charge in [-0.15, -0.1) is 0 Å². The minimum atomic E-state index is 0.385. The van der Waals surface area contributed by atoms with Gasteiger partial charge in [-0.3, -0.25) is 0 Å². The Morgan fingerprint density at radius 3 is 2.24 bits per heavy atom. The Bertz CT molecular complexity index is 393. The van der Waals surface area contributed by atoms with E-state index in [9.17, 15) is 0 Å². The second kappa shape index (κ2) is 10.5. The van der Waals surface area contributed by atoms with Gasteiger partial charge in [0.25, 0.3) is 0 Å². The van der Waals surface area contributed by atoms with Crippen molar-refractivity contribution in [2.45, 2.75) is 57.9 Å². The molecule has 0 aliphatic rings. The minimum absolute atomic E-state index is 0.385. The fourth-order valence-corrected chi connectivity index (χ4v) is 2.68. The van der Waals surface area contributed by atoms with Crippen LogP contribution in [0.1, 0.15) is 63.5 Å². The van der Waals surface area contributed by atoms with Gasteiger partial charge in [0.15, 0.2) is 11.5 Å². The van der Waals surface area contributed by atoms with E-state index in [1.165, 1.54) is 44.1 Å². The molecule has 3 nitrogen and oxygen atoms in total. The van der Waals surface area contributed by atoms with Crippen molar-refractivity contribution in [2.24, 2.45) is 0 Å². The number of benzene rings is 1. The van der Waals surface area contributed by atoms with Crippen LogP contribution in [0.3, 0.4) is 0 Å². The first-order chi connectivity index (χ1) is 10.3. The van der Waals surface area contributed by atoms with Crippen molar-refractivity contribution < 1.29 is 9.47 Å². The van der Waals surface area contributed by atoms with Crippen LogP contribution >= 0.6 is 0 Å². The van der Waals surface area contributed by atoms with E-state index in [-0.39, 0.29) is 0 Å². The zero-order chi connectivity index (χ0) is 15.5. The molecule has 0 aliphatic carbocycles. The predicted molar refractivity (Wildman–Crippen MR) is 89.3 cm³/mol. The van der Waals surface area contributed by atoms with Crippen LogP contribution in [0.15, 0.2) is 18.2 Å². The number of methoxy groups -OCH3 is 2. The van der Waals surface area contributed by atoms with Gasteiger partial charge in [0, 0.05) is 6.04 Å². The highest BCUT2D eigenvalue weighted by molar-refractivity contribution is 5.43. The highest BCUT2D eigenvalue weighted by atomic mass is 16.5. The van der Waals surface area contributed by atoms with E-state index in [0.29, 0.717) is 6.04 Å². The molecule has 1 N–H and O–H groups in total. The number of ether oxygens (including phenoxy) is 2. The molecule has 0 saturated heterocycles. The summed E-state index contributed by atoms with van der Waals surface area (Å²) in [4.78, 5) is 0. The molecular weight excluding hydrogens is 262 g/mol. The summed E-state index contributed by atoms with van der Waals surface area (Å²) in [5.74, 6) is 1.59. The lowest BCUT2D eigenvalue weighted by Crippen LogP contribution is -2.16. The molecule has 0 bridgehead atoms. The van der Waals surface area contributed by atoms with Crippen LogP contribution in [0.2, 0.25) is 0 Å². The smallest absolute Gasteiger partial charge is 0.161 e. The molecule has 0 spiro atoms. The lowest BCUT2D eigenvalue weighted by molar-refractivity contribution is 0.353. The maximum Gasteiger partial charge on any atom is 0.161 e. The van der Waals surface area contributed by atoms with Crippen LogP contribution in [-0.4, -0.2) is 21.3 Å². The monoisotopic (exact) mass is 293 g/mol. The number of hydrogen-bond acceptors (Lipinski definition) is 3. The van der Waals surface area contributed by atoms with Crippen molar-refractivity contribution in [3.63, 3.8) is 0 Å². The van der Waals surface area contributed by atoms with Crippen LogP contribution in [-0.2, 0) is 0 Å². The molecule has 0 aliphatic heterocycles. The molecule has 0 fully saturated rings. The fourth-order valence-electron chi connectivity index (χ4n) is 2.68. The molecule has 120 valence electrons. The SMILES string of the molecule is CCCCCCCCC(NC)c1ccc(OC)c(OC)c1. The van der Waals surface area contributed by atoms with E-state index in [1.807, 2.05) is 13.1 Å². The molecule has 21 heavy (non-hydrogen) atoms. The Labute approximate surface area is 130 Å². The van der Waals surface area contributed by atoms with Crippen LogP contribution < -0.4 is 14.8 Å². The molecule has 1 aromatic rings. The Balaban J connectivity index is 2.51. The average molecular weight is 293 g/mol. The largest absolute Gasteiger partial charge is 0.493 e. The summed E-state index contributed by atoms with van der Waals surface area (Å²) in [6.45, 7) is 2.26. The number of hydrogen-bond donors (Lipinski definition) is 1. The van der Waals surface area contributed by atoms with Gasteiger partial charge in [0.2, 0.25) is 0 Å². The van der Waals surface area contributed by atoms with Crippen molar-refractivity contribution in [1.82, 2.24) is 5.32 Å². The van der Waals surface area contributed by atoms with E-state index in [1.54, 1.807) is 14.2 Å². The lowest BCUT2D eigenvalue weighted by Gasteiger charge is -2.18. The number of unbranched alkanes of at least 4 members (excludes halogenated alkanes) is 5. The zero-order valence-electron chi connectivity index (χ0n) is 14.1. The van der Waals surface area contributed by atoms with Crippen molar-refractivity contribution in [3.8, 4) is 11.5 Å². The second-order valence-electron chi connectivity index (χ2n) is 5.51. The Kier molecular flexibility index (Phi) is 8.91. The molecule has 1 rings (SSSR count). The molecule has 3 heteroatoms. The van der Waals surface area contributed by atoms with Crippen molar-refractivity contribution >= 4 is 0 Å². The van der Waals surface area contributed by atoms with Gasteiger partial charge in [0.05, 0.1) is 14.2 Å². The highest BCUT2D eigenvalue weighted by Gasteiger charge is 2.12. The summed E-state index contributed by atoms with van der Waals surface area (Å²) in [5, 5.41) is 3.41. The van der Waals surface area contributed by atoms with Crippen molar-refractivity contribution in [1.29, 1.82) is 0 Å². The maximum atomic E-state index is 5.39. The first-order valence-electron chi connectivity index (χ1n) is 8.16. The zero-order valence-corrected chi connectivity index (χ0v) is 14.1. The van der Waals surface area contributed by atoms with Crippen LogP contribution in [0, 0.1) is 0 Å². The molecule has 0 saturated carbocycles. The third kappa shape index (κ3) is 5.96. The normalized spacial score (nSPS) is 12.2. The van der Waals surface area contributed by atoms with E-state index >= 15 is 0 Å². The standard InChI is InChI=1S/C18H31NO2/c1-5-6-7-8-9-10-11-16(19-2)15-12-13-17(20-3)18(14-15)21-4/h12-14,16,19H,5-11H2,1-4H3. The first-order valence-corrected chi connectivity index (χ1v) is 8.16. The lowest BCUT2D eigenvalue weighted by atomic mass is 9.99. The van der Waals surface area contributed by atoms with Crippen molar-refractivity contribution in [2.75, 3.05) is 21.3 Å². The van der Waals surface area contributed by atoms with Crippen LogP contribution in [0.5, 0.6) is 11.5 Å². The van der Waals surface area contributed by atoms with Crippen LogP contribution in [0.4, 0.5) is 0 Å². The third-order valence-corrected chi connectivity index (χ3v) is 4.00. The maximum absolute atomic E-state index is 5.39. The van der Waals surface area contributed by atoms with E-state index in [4.69, 9.17) is 9.47 Å². The summed E-state index contributed by atoms with van der Waals surface area (Å²) < 4.78 is 10.7. The summed E-state index contributed by atoms with van der Waals surface area (Å²) in [5.41, 5.74) is 1.27. The molecule has 1 atom stereocenters. The summed E-state index contributed by atoms with van der Waals surface area (Å²) in [6.07, 6.45) is 9.16. The quantitative estimate of drug-likeness (QED) is 0.599. The van der Waals surface area contributed by atoms with Gasteiger partial charge in [-0.1, -0.05) is 51.5 Å². The molecule has 0 amide bonds. The molecular formula is C18H31NO2. The van der Waals surface area contributed by atoms with E-state index in [2.05, 4.69) is 24.4 Å². The Morgan fingerprint density at radius 1 is 0.952 bits per heavy atom.